The van der Waals surface area contributed by atoms with Crippen LogP contribution in [0.25, 0.3) is 5.73 Å². The molecule has 0 bridgehead atoms. The van der Waals surface area contributed by atoms with Crippen molar-refractivity contribution in [3.63, 3.8) is 0 Å². The molecule has 1 unspecified atom stereocenters. The van der Waals surface area contributed by atoms with Gasteiger partial charge in [-0.1, -0.05) is 0 Å². The number of aliphatic hydroxyl groups is 1. The molecule has 0 aromatic carbocycles. The number of rotatable bonds is 1. The molecule has 0 amide bonds. The molecule has 0 fully saturated rings. The minimum atomic E-state index is -4.62. The highest BCUT2D eigenvalue weighted by molar-refractivity contribution is 4.70. The third-order valence-corrected chi connectivity index (χ3v) is 0.571. The number of nitrogens with one attached hydrogen (secondary N) is 1. The molecule has 5 heteroatoms. The van der Waals surface area contributed by atoms with E-state index in [0.29, 0.717) is 0 Å². The first-order chi connectivity index (χ1) is 3.48. The van der Waals surface area contributed by atoms with Crippen molar-refractivity contribution in [2.24, 2.45) is 0 Å². The zero-order chi connectivity index (χ0) is 6.78. The lowest BCUT2D eigenvalue weighted by Crippen LogP contribution is -2.30. The summed E-state index contributed by atoms with van der Waals surface area (Å²) in [6, 6.07) is 0. The van der Waals surface area contributed by atoms with Gasteiger partial charge in [0.05, 0.1) is 0 Å². The largest absolute Gasteiger partial charge is 0.675 e. The predicted octanol–water partition coefficient (Wildman–Crippen LogP) is 0.962. The summed E-state index contributed by atoms with van der Waals surface area (Å²) in [5.41, 5.74) is 6.09. The van der Waals surface area contributed by atoms with Crippen LogP contribution in [-0.2, 0) is 0 Å². The smallest absolute Gasteiger partial charge is 0.412 e. The molecule has 0 aromatic rings. The van der Waals surface area contributed by atoms with Crippen LogP contribution in [-0.4, -0.2) is 23.9 Å². The molecule has 2 N–H and O–H groups in total. The highest BCUT2D eigenvalue weighted by Crippen LogP contribution is 2.19. The van der Waals surface area contributed by atoms with Gasteiger partial charge < -0.3 is 10.8 Å². The Morgan fingerprint density at radius 1 is 1.50 bits per heavy atom. The Labute approximate surface area is 44.1 Å². The Morgan fingerprint density at radius 3 is 1.88 bits per heavy atom. The molecule has 0 aliphatic rings. The molecular weight excluding hydrogens is 123 g/mol. The van der Waals surface area contributed by atoms with Crippen molar-refractivity contribution in [2.75, 3.05) is 6.54 Å². The van der Waals surface area contributed by atoms with Gasteiger partial charge in [0.2, 0.25) is 0 Å². The molecule has 2 nitrogen and oxygen atoms in total. The number of hydrogen-bond donors (Lipinski definition) is 1. The molecule has 1 atom stereocenters. The second-order valence-electron chi connectivity index (χ2n) is 1.26. The van der Waals surface area contributed by atoms with Gasteiger partial charge in [0.25, 0.3) is 0 Å². The van der Waals surface area contributed by atoms with E-state index >= 15 is 0 Å². The van der Waals surface area contributed by atoms with E-state index in [4.69, 9.17) is 10.8 Å². The van der Waals surface area contributed by atoms with Gasteiger partial charge in [-0.3, -0.25) is 0 Å². The summed E-state index contributed by atoms with van der Waals surface area (Å²) in [5, 5.41) is 7.88. The topological polar surface area (TPSA) is 44.0 Å². The minimum absolute atomic E-state index is 1.02. The summed E-state index contributed by atoms with van der Waals surface area (Å²) in [5.74, 6) is 0. The first kappa shape index (κ1) is 7.71. The highest BCUT2D eigenvalue weighted by Gasteiger charge is 2.34. The molecule has 0 radical (unpaired) electrons. The Hall–Kier alpha value is -0.290. The highest BCUT2D eigenvalue weighted by atomic mass is 19.4. The van der Waals surface area contributed by atoms with Crippen molar-refractivity contribution < 1.29 is 18.3 Å². The summed E-state index contributed by atoms with van der Waals surface area (Å²) in [6.07, 6.45) is -7.11. The van der Waals surface area contributed by atoms with E-state index in [0.717, 1.165) is 0 Å². The normalized spacial score (nSPS) is 16.1. The molecule has 8 heavy (non-hydrogen) atoms. The van der Waals surface area contributed by atoms with E-state index in [1.807, 2.05) is 0 Å². The van der Waals surface area contributed by atoms with Crippen molar-refractivity contribution in [3.8, 4) is 0 Å². The van der Waals surface area contributed by atoms with Crippen LogP contribution in [0.3, 0.4) is 0 Å². The van der Waals surface area contributed by atoms with Crippen LogP contribution in [0.15, 0.2) is 0 Å². The van der Waals surface area contributed by atoms with Gasteiger partial charge in [-0.05, 0) is 0 Å². The second kappa shape index (κ2) is 2.32. The summed E-state index contributed by atoms with van der Waals surface area (Å²) in [7, 11) is 0. The van der Waals surface area contributed by atoms with E-state index < -0.39 is 18.8 Å². The zero-order valence-electron chi connectivity index (χ0n) is 3.87. The van der Waals surface area contributed by atoms with Gasteiger partial charge in [0.15, 0.2) is 0 Å². The molecule has 0 aromatic heterocycles. The van der Waals surface area contributed by atoms with Crippen molar-refractivity contribution in [2.45, 2.75) is 12.3 Å². The summed E-state index contributed by atoms with van der Waals surface area (Å²) < 4.78 is 33.2. The van der Waals surface area contributed by atoms with Crippen molar-refractivity contribution in [1.29, 1.82) is 0 Å². The maximum atomic E-state index is 11.1. The number of alkyl halides is 3. The van der Waals surface area contributed by atoms with Gasteiger partial charge in [-0.2, -0.15) is 13.2 Å². The van der Waals surface area contributed by atoms with Gasteiger partial charge in [-0.25, -0.2) is 0 Å². The van der Waals surface area contributed by atoms with Crippen LogP contribution in [0.2, 0.25) is 0 Å². The quantitative estimate of drug-likeness (QED) is 0.561. The van der Waals surface area contributed by atoms with Crippen LogP contribution in [0.5, 0.6) is 0 Å². The van der Waals surface area contributed by atoms with E-state index in [9.17, 15) is 13.2 Å². The fraction of sp³-hybridized carbons (Fsp3) is 1.00. The lowest BCUT2D eigenvalue weighted by molar-refractivity contribution is -0.197. The zero-order valence-corrected chi connectivity index (χ0v) is 3.87. The summed E-state index contributed by atoms with van der Waals surface area (Å²) >= 11 is 0. The molecule has 0 rings (SSSR count). The molecule has 0 spiro atoms. The van der Waals surface area contributed by atoms with Crippen LogP contribution in [0, 0.1) is 0 Å². The molecule has 0 heterocycles. The van der Waals surface area contributed by atoms with Crippen LogP contribution in [0.4, 0.5) is 13.2 Å². The fourth-order valence-corrected chi connectivity index (χ4v) is 0.116. The fourth-order valence-electron chi connectivity index (χ4n) is 0.116. The SMILES string of the molecule is [NH-]CC(O)C(F)(F)F. The van der Waals surface area contributed by atoms with Gasteiger partial charge in [0, 0.05) is 0 Å². The van der Waals surface area contributed by atoms with E-state index in [-0.39, 0.29) is 0 Å². The summed E-state index contributed by atoms with van der Waals surface area (Å²) in [6.45, 7) is -1.02. The van der Waals surface area contributed by atoms with Crippen LogP contribution < -0.4 is 0 Å². The van der Waals surface area contributed by atoms with Gasteiger partial charge in [0.1, 0.15) is 6.10 Å². The molecule has 0 saturated carbocycles. The average molecular weight is 128 g/mol. The van der Waals surface area contributed by atoms with E-state index in [2.05, 4.69) is 0 Å². The van der Waals surface area contributed by atoms with Gasteiger partial charge >= 0.3 is 6.18 Å². The molecule has 50 valence electrons. The Kier molecular flexibility index (Phi) is 2.24. The van der Waals surface area contributed by atoms with Gasteiger partial charge in [-0.15, -0.1) is 6.54 Å². The molecule has 0 saturated heterocycles. The average Bonchev–Trinajstić information content (AvgIpc) is 1.62. The number of halogens is 3. The van der Waals surface area contributed by atoms with Crippen molar-refractivity contribution in [1.82, 2.24) is 0 Å². The maximum Gasteiger partial charge on any atom is 0.412 e. The van der Waals surface area contributed by atoms with Crippen molar-refractivity contribution in [3.05, 3.63) is 5.73 Å². The summed E-state index contributed by atoms with van der Waals surface area (Å²) in [4.78, 5) is 0. The Balaban J connectivity index is 3.62. The third kappa shape index (κ3) is 2.13. The number of aliphatic hydroxyl groups excluding tert-OH is 1. The van der Waals surface area contributed by atoms with Crippen LogP contribution in [0.1, 0.15) is 0 Å². The lowest BCUT2D eigenvalue weighted by atomic mass is 10.4. The third-order valence-electron chi connectivity index (χ3n) is 0.571. The lowest BCUT2D eigenvalue weighted by Gasteiger charge is -2.14. The predicted molar refractivity (Wildman–Crippen MR) is 21.3 cm³/mol. The van der Waals surface area contributed by atoms with Crippen molar-refractivity contribution >= 4 is 0 Å². The Bertz CT molecular complexity index is 71.4. The standard InChI is InChI=1S/C3H5F3NO/c4-3(5,6)2(8)1-7/h2,7-8H,1H2/q-1. The minimum Gasteiger partial charge on any atom is -0.675 e. The molecular formula is C3H5F3NO-. The second-order valence-corrected chi connectivity index (χ2v) is 1.26. The number of hydrogen-bond acceptors (Lipinski definition) is 1. The first-order valence-electron chi connectivity index (χ1n) is 1.88. The monoisotopic (exact) mass is 128 g/mol. The maximum absolute atomic E-state index is 11.1. The Morgan fingerprint density at radius 2 is 1.88 bits per heavy atom. The first-order valence-corrected chi connectivity index (χ1v) is 1.88. The van der Waals surface area contributed by atoms with Crippen LogP contribution >= 0.6 is 0 Å². The molecule has 0 aliphatic carbocycles. The van der Waals surface area contributed by atoms with E-state index in [1.54, 1.807) is 0 Å². The molecule has 0 aliphatic heterocycles. The van der Waals surface area contributed by atoms with E-state index in [1.165, 1.54) is 0 Å².